The van der Waals surface area contributed by atoms with Crippen molar-refractivity contribution < 1.29 is 9.13 Å². The largest absolute Gasteiger partial charge is 0.376 e. The Morgan fingerprint density at radius 1 is 1.09 bits per heavy atom. The van der Waals surface area contributed by atoms with Gasteiger partial charge < -0.3 is 9.64 Å². The van der Waals surface area contributed by atoms with E-state index in [0.717, 1.165) is 50.5 Å². The standard InChI is InChI=1S/C25H30FN5OS/c1-28-13-14-29(23(17-28)19-6-3-2-4-7-19)18-31-25(33)30(16-22-8-5-15-32-22)24(27-31)20-9-11-21(26)12-10-20/h2-4,6-7,9-12,22-23H,5,8,13-18H2,1H3. The first kappa shape index (κ1) is 22.4. The number of hydrogen-bond acceptors (Lipinski definition) is 5. The molecule has 33 heavy (non-hydrogen) atoms. The molecule has 2 unspecified atom stereocenters. The summed E-state index contributed by atoms with van der Waals surface area (Å²) < 4.78 is 24.1. The molecule has 0 amide bonds. The van der Waals surface area contributed by atoms with Crippen LogP contribution in [0.25, 0.3) is 11.4 Å². The van der Waals surface area contributed by atoms with Crippen molar-refractivity contribution in [3.63, 3.8) is 0 Å². The maximum atomic E-state index is 13.6. The summed E-state index contributed by atoms with van der Waals surface area (Å²) in [4.78, 5) is 4.82. The number of ether oxygens (including phenoxy) is 1. The minimum atomic E-state index is -0.259. The van der Waals surface area contributed by atoms with Gasteiger partial charge >= 0.3 is 0 Å². The molecule has 0 radical (unpaired) electrons. The van der Waals surface area contributed by atoms with Crippen LogP contribution >= 0.6 is 12.2 Å². The molecular formula is C25H30FN5OS. The second-order valence-corrected chi connectivity index (χ2v) is 9.37. The van der Waals surface area contributed by atoms with Crippen LogP contribution in [0.3, 0.4) is 0 Å². The van der Waals surface area contributed by atoms with Gasteiger partial charge in [0.25, 0.3) is 0 Å². The van der Waals surface area contributed by atoms with Gasteiger partial charge in [-0.15, -0.1) is 0 Å². The third kappa shape index (κ3) is 4.94. The Kier molecular flexibility index (Phi) is 6.69. The predicted octanol–water partition coefficient (Wildman–Crippen LogP) is 4.35. The van der Waals surface area contributed by atoms with Gasteiger partial charge in [-0.3, -0.25) is 9.47 Å². The molecule has 2 fully saturated rings. The maximum Gasteiger partial charge on any atom is 0.199 e. The number of rotatable bonds is 6. The fourth-order valence-electron chi connectivity index (χ4n) is 4.79. The molecule has 0 spiro atoms. The molecule has 8 heteroatoms. The third-order valence-corrected chi connectivity index (χ3v) is 7.06. The van der Waals surface area contributed by atoms with Crippen LogP contribution in [0, 0.1) is 10.6 Å². The number of piperazine rings is 1. The highest BCUT2D eigenvalue weighted by molar-refractivity contribution is 7.71. The summed E-state index contributed by atoms with van der Waals surface area (Å²) in [5, 5.41) is 4.94. The first-order chi connectivity index (χ1) is 16.1. The van der Waals surface area contributed by atoms with E-state index in [1.807, 2.05) is 4.68 Å². The Morgan fingerprint density at radius 2 is 1.88 bits per heavy atom. The van der Waals surface area contributed by atoms with E-state index >= 15 is 0 Å². The Hall–Kier alpha value is -2.39. The topological polar surface area (TPSA) is 38.5 Å². The molecule has 2 aromatic carbocycles. The van der Waals surface area contributed by atoms with E-state index in [9.17, 15) is 4.39 Å². The highest BCUT2D eigenvalue weighted by atomic mass is 32.1. The van der Waals surface area contributed by atoms with Crippen LogP contribution in [0.2, 0.25) is 0 Å². The van der Waals surface area contributed by atoms with Crippen molar-refractivity contribution in [3.8, 4) is 11.4 Å². The molecule has 0 bridgehead atoms. The summed E-state index contributed by atoms with van der Waals surface area (Å²) in [7, 11) is 2.17. The molecule has 6 nitrogen and oxygen atoms in total. The average molecular weight is 468 g/mol. The fraction of sp³-hybridized carbons (Fsp3) is 0.440. The maximum absolute atomic E-state index is 13.6. The number of benzene rings is 2. The summed E-state index contributed by atoms with van der Waals surface area (Å²) in [6, 6.07) is 17.4. The third-order valence-electron chi connectivity index (χ3n) is 6.63. The molecule has 1 aromatic heterocycles. The van der Waals surface area contributed by atoms with E-state index < -0.39 is 0 Å². The van der Waals surface area contributed by atoms with Gasteiger partial charge in [-0.2, -0.15) is 5.10 Å². The zero-order valence-corrected chi connectivity index (χ0v) is 19.8. The summed E-state index contributed by atoms with van der Waals surface area (Å²) in [5.74, 6) is 0.506. The van der Waals surface area contributed by atoms with Crippen molar-refractivity contribution in [3.05, 3.63) is 70.7 Å². The van der Waals surface area contributed by atoms with Crippen LogP contribution in [0.15, 0.2) is 54.6 Å². The van der Waals surface area contributed by atoms with Crippen molar-refractivity contribution in [2.75, 3.05) is 33.3 Å². The van der Waals surface area contributed by atoms with Crippen LogP contribution in [0.4, 0.5) is 4.39 Å². The molecule has 3 heterocycles. The zero-order valence-electron chi connectivity index (χ0n) is 18.9. The first-order valence-electron chi connectivity index (χ1n) is 11.6. The molecule has 0 N–H and O–H groups in total. The minimum Gasteiger partial charge on any atom is -0.376 e. The zero-order chi connectivity index (χ0) is 22.8. The van der Waals surface area contributed by atoms with Crippen molar-refractivity contribution in [1.82, 2.24) is 24.1 Å². The lowest BCUT2D eigenvalue weighted by atomic mass is 10.0. The summed E-state index contributed by atoms with van der Waals surface area (Å²) >= 11 is 5.92. The Balaban J connectivity index is 1.48. The highest BCUT2D eigenvalue weighted by Crippen LogP contribution is 2.27. The van der Waals surface area contributed by atoms with Gasteiger partial charge in [0.2, 0.25) is 0 Å². The SMILES string of the molecule is CN1CCN(Cn2nc(-c3ccc(F)cc3)n(CC3CCCO3)c2=S)C(c2ccccc2)C1. The van der Waals surface area contributed by atoms with Gasteiger partial charge in [0, 0.05) is 37.8 Å². The lowest BCUT2D eigenvalue weighted by molar-refractivity contribution is 0.0579. The molecule has 5 rings (SSSR count). The van der Waals surface area contributed by atoms with Crippen molar-refractivity contribution in [2.24, 2.45) is 0 Å². The van der Waals surface area contributed by atoms with Crippen LogP contribution < -0.4 is 0 Å². The summed E-state index contributed by atoms with van der Waals surface area (Å²) in [6.45, 7) is 4.95. The number of aromatic nitrogens is 3. The smallest absolute Gasteiger partial charge is 0.199 e. The minimum absolute atomic E-state index is 0.134. The number of halogens is 1. The van der Waals surface area contributed by atoms with Crippen molar-refractivity contribution in [2.45, 2.75) is 38.2 Å². The molecule has 3 aromatic rings. The lowest BCUT2D eigenvalue weighted by Crippen LogP contribution is -2.47. The normalized spacial score (nSPS) is 22.1. The van der Waals surface area contributed by atoms with Gasteiger partial charge in [0.15, 0.2) is 10.6 Å². The van der Waals surface area contributed by atoms with Gasteiger partial charge in [-0.1, -0.05) is 30.3 Å². The number of nitrogens with zero attached hydrogens (tertiary/aromatic N) is 5. The van der Waals surface area contributed by atoms with E-state index in [1.54, 1.807) is 12.1 Å². The Bertz CT molecular complexity index is 1120. The molecule has 2 aliphatic heterocycles. The van der Waals surface area contributed by atoms with Crippen LogP contribution in [-0.4, -0.2) is 63.5 Å². The second kappa shape index (κ2) is 9.85. The lowest BCUT2D eigenvalue weighted by Gasteiger charge is -2.40. The van der Waals surface area contributed by atoms with E-state index in [0.29, 0.717) is 18.0 Å². The van der Waals surface area contributed by atoms with Gasteiger partial charge in [-0.25, -0.2) is 9.07 Å². The highest BCUT2D eigenvalue weighted by Gasteiger charge is 2.28. The van der Waals surface area contributed by atoms with Gasteiger partial charge in [0.05, 0.1) is 19.3 Å². The summed E-state index contributed by atoms with van der Waals surface area (Å²) in [5.41, 5.74) is 2.16. The molecule has 2 aliphatic rings. The van der Waals surface area contributed by atoms with E-state index in [-0.39, 0.29) is 18.0 Å². The Labute approximate surface area is 199 Å². The second-order valence-electron chi connectivity index (χ2n) is 9.00. The van der Waals surface area contributed by atoms with Crippen LogP contribution in [0.5, 0.6) is 0 Å². The summed E-state index contributed by atoms with van der Waals surface area (Å²) in [6.07, 6.45) is 2.22. The molecular weight excluding hydrogens is 437 g/mol. The van der Waals surface area contributed by atoms with Gasteiger partial charge in [0.1, 0.15) is 5.82 Å². The molecule has 0 saturated carbocycles. The molecule has 174 valence electrons. The van der Waals surface area contributed by atoms with E-state index in [1.165, 1.54) is 17.7 Å². The van der Waals surface area contributed by atoms with Crippen LogP contribution in [0.1, 0.15) is 24.4 Å². The van der Waals surface area contributed by atoms with Crippen molar-refractivity contribution >= 4 is 12.2 Å². The van der Waals surface area contributed by atoms with Gasteiger partial charge in [-0.05, 0) is 61.9 Å². The van der Waals surface area contributed by atoms with Crippen molar-refractivity contribution in [1.29, 1.82) is 0 Å². The quantitative estimate of drug-likeness (QED) is 0.504. The first-order valence-corrected chi connectivity index (χ1v) is 12.0. The van der Waals surface area contributed by atoms with Crippen LogP contribution in [-0.2, 0) is 18.0 Å². The predicted molar refractivity (Wildman–Crippen MR) is 129 cm³/mol. The monoisotopic (exact) mass is 467 g/mol. The molecule has 2 atom stereocenters. The molecule has 2 saturated heterocycles. The number of likely N-dealkylation sites (N-methyl/N-ethyl adjacent to an activating group) is 1. The van der Waals surface area contributed by atoms with E-state index in [4.69, 9.17) is 22.1 Å². The van der Waals surface area contributed by atoms with E-state index in [2.05, 4.69) is 51.7 Å². The Morgan fingerprint density at radius 3 is 2.61 bits per heavy atom. The number of hydrogen-bond donors (Lipinski definition) is 0. The molecule has 0 aliphatic carbocycles. The average Bonchev–Trinajstić information content (AvgIpc) is 3.45. The fourth-order valence-corrected chi connectivity index (χ4v) is 5.05.